The SMILES string of the molecule is C=C(C)[C@@H]([C@H](C)O)n1[nH]c(=O)n(C)c1=O. The van der Waals surface area contributed by atoms with Crippen LogP contribution < -0.4 is 11.4 Å². The molecule has 0 spiro atoms. The van der Waals surface area contributed by atoms with Crippen LogP contribution in [0.3, 0.4) is 0 Å². The minimum atomic E-state index is -0.793. The number of nitrogens with one attached hydrogen (secondary N) is 1. The van der Waals surface area contributed by atoms with E-state index in [1.54, 1.807) is 6.92 Å². The summed E-state index contributed by atoms with van der Waals surface area (Å²) in [5, 5.41) is 11.9. The molecule has 0 unspecified atom stereocenters. The van der Waals surface area contributed by atoms with E-state index < -0.39 is 23.5 Å². The zero-order valence-electron chi connectivity index (χ0n) is 9.02. The van der Waals surface area contributed by atoms with Gasteiger partial charge in [0.15, 0.2) is 0 Å². The molecule has 0 fully saturated rings. The molecule has 0 amide bonds. The van der Waals surface area contributed by atoms with Gasteiger partial charge in [-0.25, -0.2) is 23.9 Å². The van der Waals surface area contributed by atoms with Gasteiger partial charge in [-0.3, -0.25) is 0 Å². The third kappa shape index (κ3) is 1.94. The van der Waals surface area contributed by atoms with Crippen molar-refractivity contribution >= 4 is 0 Å². The molecule has 0 aliphatic carbocycles. The Morgan fingerprint density at radius 1 is 1.53 bits per heavy atom. The van der Waals surface area contributed by atoms with Crippen LogP contribution in [0.2, 0.25) is 0 Å². The molecular weight excluding hydrogens is 198 g/mol. The minimum Gasteiger partial charge on any atom is -0.391 e. The number of aromatic amines is 1. The van der Waals surface area contributed by atoms with E-state index in [1.807, 2.05) is 0 Å². The fourth-order valence-corrected chi connectivity index (χ4v) is 1.51. The summed E-state index contributed by atoms with van der Waals surface area (Å²) < 4.78 is 2.04. The van der Waals surface area contributed by atoms with Crippen LogP contribution in [0.5, 0.6) is 0 Å². The number of nitrogens with zero attached hydrogens (tertiary/aromatic N) is 2. The molecule has 0 bridgehead atoms. The number of H-pyrrole nitrogens is 1. The molecule has 2 N–H and O–H groups in total. The molecule has 0 aromatic carbocycles. The molecule has 0 aliphatic rings. The summed E-state index contributed by atoms with van der Waals surface area (Å²) in [5.74, 6) is 0. The van der Waals surface area contributed by atoms with Crippen LogP contribution in [0.4, 0.5) is 0 Å². The fourth-order valence-electron chi connectivity index (χ4n) is 1.51. The number of rotatable bonds is 3. The first kappa shape index (κ1) is 11.5. The highest BCUT2D eigenvalue weighted by atomic mass is 16.3. The summed E-state index contributed by atoms with van der Waals surface area (Å²) in [6.45, 7) is 6.91. The van der Waals surface area contributed by atoms with E-state index in [9.17, 15) is 14.7 Å². The molecule has 0 radical (unpaired) electrons. The lowest BCUT2D eigenvalue weighted by molar-refractivity contribution is 0.138. The third-order valence-corrected chi connectivity index (χ3v) is 2.25. The summed E-state index contributed by atoms with van der Waals surface area (Å²) in [4.78, 5) is 22.8. The highest BCUT2D eigenvalue weighted by Gasteiger charge is 2.21. The lowest BCUT2D eigenvalue weighted by Gasteiger charge is -2.19. The van der Waals surface area contributed by atoms with E-state index in [0.717, 1.165) is 9.25 Å². The van der Waals surface area contributed by atoms with Gasteiger partial charge >= 0.3 is 11.4 Å². The first-order valence-electron chi connectivity index (χ1n) is 4.57. The van der Waals surface area contributed by atoms with Gasteiger partial charge in [0.05, 0.1) is 6.10 Å². The lowest BCUT2D eigenvalue weighted by Crippen LogP contribution is -2.33. The average Bonchev–Trinajstić information content (AvgIpc) is 2.33. The predicted octanol–water partition coefficient (Wildman–Crippen LogP) is -0.627. The van der Waals surface area contributed by atoms with Crippen molar-refractivity contribution in [1.29, 1.82) is 0 Å². The second-order valence-electron chi connectivity index (χ2n) is 3.66. The number of aliphatic hydroxyl groups is 1. The Hall–Kier alpha value is -1.56. The molecule has 1 aromatic heterocycles. The van der Waals surface area contributed by atoms with Crippen LogP contribution in [-0.2, 0) is 7.05 Å². The van der Waals surface area contributed by atoms with Crippen molar-refractivity contribution in [1.82, 2.24) is 14.3 Å². The summed E-state index contributed by atoms with van der Waals surface area (Å²) in [6.07, 6.45) is -0.793. The normalized spacial score (nSPS) is 14.9. The summed E-state index contributed by atoms with van der Waals surface area (Å²) in [6, 6.07) is -0.605. The van der Waals surface area contributed by atoms with E-state index in [-0.39, 0.29) is 0 Å². The number of hydrogen-bond acceptors (Lipinski definition) is 3. The van der Waals surface area contributed by atoms with Gasteiger partial charge in [-0.15, -0.1) is 0 Å². The number of aliphatic hydroxyl groups excluding tert-OH is 1. The Morgan fingerprint density at radius 3 is 2.33 bits per heavy atom. The molecule has 84 valence electrons. The third-order valence-electron chi connectivity index (χ3n) is 2.25. The second-order valence-corrected chi connectivity index (χ2v) is 3.66. The van der Waals surface area contributed by atoms with Gasteiger partial charge in [-0.2, -0.15) is 0 Å². The van der Waals surface area contributed by atoms with Crippen molar-refractivity contribution in [2.24, 2.45) is 7.05 Å². The second kappa shape index (κ2) is 3.90. The van der Waals surface area contributed by atoms with Gasteiger partial charge in [0, 0.05) is 7.05 Å². The quantitative estimate of drug-likeness (QED) is 0.656. The monoisotopic (exact) mass is 213 g/mol. The lowest BCUT2D eigenvalue weighted by atomic mass is 10.1. The molecule has 15 heavy (non-hydrogen) atoms. The van der Waals surface area contributed by atoms with Crippen LogP contribution in [0.1, 0.15) is 19.9 Å². The summed E-state index contributed by atoms with van der Waals surface area (Å²) in [5.41, 5.74) is -0.394. The zero-order chi connectivity index (χ0) is 11.7. The van der Waals surface area contributed by atoms with Crippen molar-refractivity contribution in [3.63, 3.8) is 0 Å². The van der Waals surface area contributed by atoms with Crippen LogP contribution in [-0.4, -0.2) is 25.6 Å². The van der Waals surface area contributed by atoms with Gasteiger partial charge in [-0.05, 0) is 13.8 Å². The molecule has 1 heterocycles. The topological polar surface area (TPSA) is 80.0 Å². The van der Waals surface area contributed by atoms with E-state index >= 15 is 0 Å². The highest BCUT2D eigenvalue weighted by molar-refractivity contribution is 5.02. The van der Waals surface area contributed by atoms with E-state index in [1.165, 1.54) is 14.0 Å². The molecule has 0 saturated carbocycles. The maximum absolute atomic E-state index is 11.6. The summed E-state index contributed by atoms with van der Waals surface area (Å²) in [7, 11) is 1.37. The molecule has 1 rings (SSSR count). The fraction of sp³-hybridized carbons (Fsp3) is 0.556. The molecule has 0 saturated heterocycles. The number of hydrogen-bond donors (Lipinski definition) is 2. The van der Waals surface area contributed by atoms with Crippen molar-refractivity contribution < 1.29 is 5.11 Å². The smallest absolute Gasteiger partial charge is 0.347 e. The van der Waals surface area contributed by atoms with Crippen LogP contribution in [0.25, 0.3) is 0 Å². The van der Waals surface area contributed by atoms with Gasteiger partial charge in [0.25, 0.3) is 0 Å². The Balaban J connectivity index is 3.37. The molecule has 2 atom stereocenters. The number of aromatic nitrogens is 3. The van der Waals surface area contributed by atoms with E-state index in [2.05, 4.69) is 11.7 Å². The molecule has 1 aromatic rings. The highest BCUT2D eigenvalue weighted by Crippen LogP contribution is 2.16. The maximum atomic E-state index is 11.6. The van der Waals surface area contributed by atoms with Crippen molar-refractivity contribution in [2.45, 2.75) is 26.0 Å². The maximum Gasteiger partial charge on any atom is 0.347 e. The van der Waals surface area contributed by atoms with Gasteiger partial charge < -0.3 is 5.11 Å². The Kier molecular flexibility index (Phi) is 2.99. The van der Waals surface area contributed by atoms with Crippen LogP contribution >= 0.6 is 0 Å². The molecule has 6 nitrogen and oxygen atoms in total. The summed E-state index contributed by atoms with van der Waals surface area (Å²) >= 11 is 0. The Morgan fingerprint density at radius 2 is 2.07 bits per heavy atom. The first-order valence-corrected chi connectivity index (χ1v) is 4.57. The minimum absolute atomic E-state index is 0.492. The van der Waals surface area contributed by atoms with Gasteiger partial charge in [-0.1, -0.05) is 12.2 Å². The van der Waals surface area contributed by atoms with Crippen molar-refractivity contribution in [3.05, 3.63) is 33.1 Å². The predicted molar refractivity (Wildman–Crippen MR) is 55.8 cm³/mol. The van der Waals surface area contributed by atoms with Crippen LogP contribution in [0, 0.1) is 0 Å². The Bertz CT molecular complexity index is 478. The van der Waals surface area contributed by atoms with Crippen molar-refractivity contribution in [3.8, 4) is 0 Å². The van der Waals surface area contributed by atoms with Crippen LogP contribution in [0.15, 0.2) is 21.7 Å². The van der Waals surface area contributed by atoms with Gasteiger partial charge in [0.1, 0.15) is 6.04 Å². The Labute approximate surface area is 86.5 Å². The average molecular weight is 213 g/mol. The van der Waals surface area contributed by atoms with Gasteiger partial charge in [0.2, 0.25) is 0 Å². The zero-order valence-corrected chi connectivity index (χ0v) is 9.02. The molecule has 6 heteroatoms. The van der Waals surface area contributed by atoms with E-state index in [0.29, 0.717) is 5.57 Å². The standard InChI is InChI=1S/C9H15N3O3/c1-5(2)7(6(3)13)12-9(15)11(4)8(14)10-12/h6-7,13H,1H2,2-4H3,(H,10,14)/t6-,7-/m0/s1. The largest absolute Gasteiger partial charge is 0.391 e. The van der Waals surface area contributed by atoms with E-state index in [4.69, 9.17) is 0 Å². The first-order chi connectivity index (χ1) is 6.86. The molecular formula is C9H15N3O3. The molecule has 0 aliphatic heterocycles. The van der Waals surface area contributed by atoms with Crippen molar-refractivity contribution in [2.75, 3.05) is 0 Å².